The van der Waals surface area contributed by atoms with Gasteiger partial charge in [-0.05, 0) is 42.7 Å². The summed E-state index contributed by atoms with van der Waals surface area (Å²) in [6.07, 6.45) is 4.61. The van der Waals surface area contributed by atoms with Gasteiger partial charge in [0, 0.05) is 33.7 Å². The lowest BCUT2D eigenvalue weighted by molar-refractivity contribution is 0.262. The largest absolute Gasteiger partial charge is 0.455 e. The number of benzene rings is 2. The van der Waals surface area contributed by atoms with Crippen LogP contribution in [0.25, 0.3) is 16.9 Å². The lowest BCUT2D eigenvalue weighted by atomic mass is 9.92. The molecule has 0 aliphatic heterocycles. The van der Waals surface area contributed by atoms with Crippen molar-refractivity contribution in [1.29, 1.82) is 0 Å². The van der Waals surface area contributed by atoms with E-state index in [1.807, 2.05) is 30.5 Å². The first kappa shape index (κ1) is 27.2. The monoisotopic (exact) mass is 575 g/mol. The van der Waals surface area contributed by atoms with Crippen LogP contribution in [0.3, 0.4) is 0 Å². The van der Waals surface area contributed by atoms with Gasteiger partial charge in [-0.25, -0.2) is 19.4 Å². The maximum Gasteiger partial charge on any atom is 0.324 e. The lowest BCUT2D eigenvalue weighted by Gasteiger charge is -2.14. The average molecular weight is 576 g/mol. The number of carbonyl (C=O) groups is 1. The molecular formula is C28H26ClN7O3S. The maximum atomic E-state index is 13.1. The van der Waals surface area contributed by atoms with Gasteiger partial charge in [0.05, 0.1) is 23.3 Å². The van der Waals surface area contributed by atoms with Gasteiger partial charge >= 0.3 is 6.03 Å². The Morgan fingerprint density at radius 2 is 1.90 bits per heavy atom. The third-order valence-electron chi connectivity index (χ3n) is 5.86. The maximum absolute atomic E-state index is 13.1. The van der Waals surface area contributed by atoms with E-state index in [0.29, 0.717) is 39.2 Å². The van der Waals surface area contributed by atoms with Crippen molar-refractivity contribution in [2.75, 3.05) is 16.9 Å². The quantitative estimate of drug-likeness (QED) is 0.194. The zero-order valence-electron chi connectivity index (χ0n) is 22.2. The molecule has 0 saturated carbocycles. The summed E-state index contributed by atoms with van der Waals surface area (Å²) in [5, 5.41) is 11.1. The van der Waals surface area contributed by atoms with Crippen molar-refractivity contribution in [1.82, 2.24) is 24.7 Å². The number of ether oxygens (including phenoxy) is 1. The van der Waals surface area contributed by atoms with Crippen molar-refractivity contribution in [2.24, 2.45) is 0 Å². The van der Waals surface area contributed by atoms with Crippen molar-refractivity contribution in [2.45, 2.75) is 31.1 Å². The Labute approximate surface area is 239 Å². The zero-order chi connectivity index (χ0) is 28.4. The van der Waals surface area contributed by atoms with Crippen LogP contribution in [0.4, 0.5) is 16.3 Å². The van der Waals surface area contributed by atoms with Crippen LogP contribution in [-0.2, 0) is 5.41 Å². The van der Waals surface area contributed by atoms with Gasteiger partial charge in [0.1, 0.15) is 17.1 Å². The summed E-state index contributed by atoms with van der Waals surface area (Å²) < 4.78 is 7.72. The van der Waals surface area contributed by atoms with E-state index >= 15 is 0 Å². The molecule has 10 nitrogen and oxygen atoms in total. The molecule has 2 aromatic carbocycles. The second-order valence-corrected chi connectivity index (χ2v) is 11.1. The van der Waals surface area contributed by atoms with Crippen molar-refractivity contribution >= 4 is 52.1 Å². The molecule has 0 radical (unpaired) electrons. The Bertz CT molecular complexity index is 1780. The van der Waals surface area contributed by atoms with Gasteiger partial charge in [-0.2, -0.15) is 5.10 Å². The molecule has 2 amide bonds. The SMILES string of the molecule is CSc1cc(Oc2ccnc3[nH]c(=O)cnc23)ccc1NC(=O)Nc1cc(C(C)(C)C)nn1-c1cccc(Cl)c1. The fraction of sp³-hybridized carbons (Fsp3) is 0.179. The van der Waals surface area contributed by atoms with E-state index in [1.54, 1.807) is 35.0 Å². The van der Waals surface area contributed by atoms with E-state index in [0.717, 1.165) is 16.3 Å². The van der Waals surface area contributed by atoms with Gasteiger partial charge in [-0.3, -0.25) is 10.1 Å². The predicted octanol–water partition coefficient (Wildman–Crippen LogP) is 6.61. The van der Waals surface area contributed by atoms with Crippen LogP contribution in [0.1, 0.15) is 26.5 Å². The average Bonchev–Trinajstić information content (AvgIpc) is 3.34. The number of H-pyrrole nitrogens is 1. The van der Waals surface area contributed by atoms with Gasteiger partial charge in [0.2, 0.25) is 0 Å². The Hall–Kier alpha value is -4.35. The minimum Gasteiger partial charge on any atom is -0.455 e. The molecule has 0 atom stereocenters. The van der Waals surface area contributed by atoms with Crippen molar-refractivity contribution in [3.8, 4) is 17.2 Å². The van der Waals surface area contributed by atoms with Gasteiger partial charge in [0.25, 0.3) is 5.56 Å². The summed E-state index contributed by atoms with van der Waals surface area (Å²) in [7, 11) is 0. The number of hydrogen-bond acceptors (Lipinski definition) is 7. The van der Waals surface area contributed by atoms with Crippen LogP contribution in [0.5, 0.6) is 11.5 Å². The molecule has 0 aliphatic carbocycles. The Morgan fingerprint density at radius 1 is 1.07 bits per heavy atom. The molecule has 0 aliphatic rings. The topological polar surface area (TPSA) is 127 Å². The summed E-state index contributed by atoms with van der Waals surface area (Å²) in [5.41, 5.74) is 2.33. The van der Waals surface area contributed by atoms with E-state index in [4.69, 9.17) is 21.4 Å². The number of thioether (sulfide) groups is 1. The molecule has 12 heteroatoms. The number of carbonyl (C=O) groups excluding carboxylic acids is 1. The minimum atomic E-state index is -0.430. The number of anilines is 2. The van der Waals surface area contributed by atoms with Crippen molar-refractivity contribution < 1.29 is 9.53 Å². The molecular weight excluding hydrogens is 550 g/mol. The number of rotatable bonds is 6. The number of urea groups is 1. The highest BCUT2D eigenvalue weighted by Crippen LogP contribution is 2.34. The molecule has 40 heavy (non-hydrogen) atoms. The van der Waals surface area contributed by atoms with Gasteiger partial charge in [-0.1, -0.05) is 38.4 Å². The second kappa shape index (κ2) is 11.0. The smallest absolute Gasteiger partial charge is 0.324 e. The van der Waals surface area contributed by atoms with Crippen LogP contribution in [-0.4, -0.2) is 37.0 Å². The highest BCUT2D eigenvalue weighted by atomic mass is 35.5. The Balaban J connectivity index is 1.38. The first-order valence-electron chi connectivity index (χ1n) is 12.2. The fourth-order valence-corrected chi connectivity index (χ4v) is 4.64. The number of aromatic nitrogens is 5. The molecule has 0 spiro atoms. The minimum absolute atomic E-state index is 0.233. The van der Waals surface area contributed by atoms with E-state index in [2.05, 4.69) is 46.4 Å². The molecule has 0 unspecified atom stereocenters. The number of hydrogen-bond donors (Lipinski definition) is 3. The molecule has 3 N–H and O–H groups in total. The number of aromatic amines is 1. The summed E-state index contributed by atoms with van der Waals surface area (Å²) >= 11 is 7.67. The Morgan fingerprint density at radius 3 is 2.65 bits per heavy atom. The van der Waals surface area contributed by atoms with Crippen molar-refractivity contribution in [3.63, 3.8) is 0 Å². The van der Waals surface area contributed by atoms with E-state index in [1.165, 1.54) is 24.2 Å². The molecule has 3 heterocycles. The summed E-state index contributed by atoms with van der Waals surface area (Å²) in [6.45, 7) is 6.17. The lowest BCUT2D eigenvalue weighted by Crippen LogP contribution is -2.21. The fourth-order valence-electron chi connectivity index (χ4n) is 3.88. The van der Waals surface area contributed by atoms with Crippen LogP contribution in [0.15, 0.2) is 76.7 Å². The highest BCUT2D eigenvalue weighted by molar-refractivity contribution is 7.98. The molecule has 0 saturated heterocycles. The zero-order valence-corrected chi connectivity index (χ0v) is 23.7. The molecule has 204 valence electrons. The molecule has 0 bridgehead atoms. The van der Waals surface area contributed by atoms with E-state index in [-0.39, 0.29) is 11.0 Å². The van der Waals surface area contributed by atoms with Crippen LogP contribution < -0.4 is 20.9 Å². The number of amides is 2. The number of nitrogens with one attached hydrogen (secondary N) is 3. The second-order valence-electron chi connectivity index (χ2n) is 9.85. The van der Waals surface area contributed by atoms with E-state index in [9.17, 15) is 9.59 Å². The predicted molar refractivity (Wildman–Crippen MR) is 158 cm³/mol. The summed E-state index contributed by atoms with van der Waals surface area (Å²) in [6, 6.07) is 15.7. The van der Waals surface area contributed by atoms with E-state index < -0.39 is 6.03 Å². The molecule has 5 aromatic rings. The molecule has 5 rings (SSSR count). The Kier molecular flexibility index (Phi) is 7.51. The number of fused-ring (bicyclic) bond motifs is 1. The van der Waals surface area contributed by atoms with Gasteiger partial charge in [-0.15, -0.1) is 11.8 Å². The normalized spacial score (nSPS) is 11.4. The molecule has 3 aromatic heterocycles. The third-order valence-corrected chi connectivity index (χ3v) is 6.87. The van der Waals surface area contributed by atoms with Gasteiger partial charge in [0.15, 0.2) is 11.4 Å². The van der Waals surface area contributed by atoms with Crippen LogP contribution in [0, 0.1) is 0 Å². The summed E-state index contributed by atoms with van der Waals surface area (Å²) in [5.74, 6) is 1.48. The highest BCUT2D eigenvalue weighted by Gasteiger charge is 2.22. The van der Waals surface area contributed by atoms with Crippen LogP contribution >= 0.6 is 23.4 Å². The number of nitrogens with zero attached hydrogens (tertiary/aromatic N) is 4. The number of halogens is 1. The third kappa shape index (κ3) is 5.95. The van der Waals surface area contributed by atoms with Crippen molar-refractivity contribution in [3.05, 3.63) is 88.1 Å². The number of pyridine rings is 1. The molecule has 0 fully saturated rings. The first-order valence-corrected chi connectivity index (χ1v) is 13.9. The van der Waals surface area contributed by atoms with Gasteiger partial charge < -0.3 is 15.0 Å². The summed E-state index contributed by atoms with van der Waals surface area (Å²) in [4.78, 5) is 36.4. The van der Waals surface area contributed by atoms with Crippen LogP contribution in [0.2, 0.25) is 5.02 Å². The standard InChI is InChI=1S/C28H26ClN7O3S/c1-28(2,3)22-14-23(36(35-22)17-7-5-6-16(29)12-17)33-27(38)32-19-9-8-18(13-21(19)40-4)39-20-10-11-30-26-25(20)31-15-24(37)34-26/h5-15H,1-4H3,(H,30,34,37)(H2,32,33,38). The first-order chi connectivity index (χ1) is 19.1.